The van der Waals surface area contributed by atoms with Crippen LogP contribution in [0, 0.1) is 0 Å². The summed E-state index contributed by atoms with van der Waals surface area (Å²) in [6.45, 7) is 0.252. The molecule has 0 bridgehead atoms. The molecule has 0 saturated carbocycles. The minimum atomic E-state index is -3.82. The Balaban J connectivity index is 1.71. The Bertz CT molecular complexity index is 1020. The molecule has 0 radical (unpaired) electrons. The summed E-state index contributed by atoms with van der Waals surface area (Å²) in [6, 6.07) is 9.58. The zero-order chi connectivity index (χ0) is 21.0. The van der Waals surface area contributed by atoms with Gasteiger partial charge in [0.25, 0.3) is 5.91 Å². The van der Waals surface area contributed by atoms with Crippen LogP contribution in [0.4, 0.5) is 0 Å². The van der Waals surface area contributed by atoms with E-state index in [0.717, 1.165) is 0 Å². The quantitative estimate of drug-likeness (QED) is 0.532. The number of nitrogens with zero attached hydrogens (tertiary/aromatic N) is 2. The third kappa shape index (κ3) is 4.69. The summed E-state index contributed by atoms with van der Waals surface area (Å²) in [6.07, 6.45) is 2.36. The number of sulfonamides is 1. The van der Waals surface area contributed by atoms with Crippen LogP contribution in [-0.2, 0) is 14.8 Å². The van der Waals surface area contributed by atoms with Crippen molar-refractivity contribution in [1.29, 1.82) is 0 Å². The van der Waals surface area contributed by atoms with Gasteiger partial charge in [-0.15, -0.1) is 0 Å². The van der Waals surface area contributed by atoms with Gasteiger partial charge in [-0.3, -0.25) is 4.79 Å². The summed E-state index contributed by atoms with van der Waals surface area (Å²) in [7, 11) is -2.40. The third-order valence-electron chi connectivity index (χ3n) is 4.52. The number of amides is 1. The van der Waals surface area contributed by atoms with Gasteiger partial charge in [-0.05, 0) is 60.9 Å². The molecule has 3 rings (SSSR count). The average molecular weight is 438 g/mol. The lowest BCUT2D eigenvalue weighted by molar-refractivity contribution is -0.124. The lowest BCUT2D eigenvalue weighted by Crippen LogP contribution is -2.44. The number of phenols is 1. The molecule has 2 aromatic carbocycles. The third-order valence-corrected chi connectivity index (χ3v) is 6.69. The summed E-state index contributed by atoms with van der Waals surface area (Å²) in [4.78, 5) is 12.6. The Kier molecular flexibility index (Phi) is 6.41. The van der Waals surface area contributed by atoms with Gasteiger partial charge in [0.1, 0.15) is 6.04 Å². The number of hydrogen-bond donors (Lipinski definition) is 2. The number of halogens is 1. The number of ether oxygens (including phenoxy) is 1. The van der Waals surface area contributed by atoms with Crippen molar-refractivity contribution in [1.82, 2.24) is 9.73 Å². The Morgan fingerprint density at radius 2 is 2.03 bits per heavy atom. The van der Waals surface area contributed by atoms with Gasteiger partial charge >= 0.3 is 0 Å². The molecular formula is C19H20ClN3O5S. The Morgan fingerprint density at radius 1 is 1.31 bits per heavy atom. The van der Waals surface area contributed by atoms with Gasteiger partial charge in [0.15, 0.2) is 11.5 Å². The number of phenolic OH excluding ortho intramolecular Hbond substituents is 1. The van der Waals surface area contributed by atoms with Gasteiger partial charge in [-0.25, -0.2) is 13.8 Å². The fourth-order valence-corrected chi connectivity index (χ4v) is 4.83. The molecule has 1 saturated heterocycles. The normalized spacial score (nSPS) is 17.5. The predicted molar refractivity (Wildman–Crippen MR) is 109 cm³/mol. The second-order valence-electron chi connectivity index (χ2n) is 6.39. The highest BCUT2D eigenvalue weighted by atomic mass is 35.5. The molecule has 1 atom stereocenters. The lowest BCUT2D eigenvalue weighted by atomic mass is 10.2. The Labute approximate surface area is 173 Å². The monoisotopic (exact) mass is 437 g/mol. The van der Waals surface area contributed by atoms with E-state index in [9.17, 15) is 18.3 Å². The van der Waals surface area contributed by atoms with E-state index >= 15 is 0 Å². The first-order valence-electron chi connectivity index (χ1n) is 8.80. The molecule has 1 aliphatic rings. The van der Waals surface area contributed by atoms with Crippen molar-refractivity contribution < 1.29 is 23.1 Å². The molecule has 0 unspecified atom stereocenters. The molecule has 1 amide bonds. The molecule has 29 heavy (non-hydrogen) atoms. The van der Waals surface area contributed by atoms with E-state index in [1.54, 1.807) is 12.1 Å². The van der Waals surface area contributed by atoms with Crippen molar-refractivity contribution in [3.05, 3.63) is 53.1 Å². The largest absolute Gasteiger partial charge is 0.504 e. The first-order valence-corrected chi connectivity index (χ1v) is 10.6. The van der Waals surface area contributed by atoms with Crippen LogP contribution >= 0.6 is 11.6 Å². The van der Waals surface area contributed by atoms with Crippen molar-refractivity contribution in [2.75, 3.05) is 13.7 Å². The molecule has 1 fully saturated rings. The van der Waals surface area contributed by atoms with Crippen LogP contribution in [0.3, 0.4) is 0 Å². The highest BCUT2D eigenvalue weighted by Crippen LogP contribution is 2.27. The fraction of sp³-hybridized carbons (Fsp3) is 0.263. The van der Waals surface area contributed by atoms with Gasteiger partial charge in [0, 0.05) is 11.6 Å². The van der Waals surface area contributed by atoms with Crippen molar-refractivity contribution >= 4 is 33.7 Å². The summed E-state index contributed by atoms with van der Waals surface area (Å²) >= 11 is 5.83. The Morgan fingerprint density at radius 3 is 2.72 bits per heavy atom. The molecule has 8 nitrogen and oxygen atoms in total. The van der Waals surface area contributed by atoms with Crippen molar-refractivity contribution in [2.45, 2.75) is 23.8 Å². The van der Waals surface area contributed by atoms with Gasteiger partial charge in [0.2, 0.25) is 10.0 Å². The van der Waals surface area contributed by atoms with E-state index in [4.69, 9.17) is 16.3 Å². The zero-order valence-electron chi connectivity index (χ0n) is 15.6. The van der Waals surface area contributed by atoms with E-state index < -0.39 is 22.0 Å². The van der Waals surface area contributed by atoms with Crippen LogP contribution in [0.25, 0.3) is 0 Å². The summed E-state index contributed by atoms with van der Waals surface area (Å²) in [5.74, 6) is -0.249. The zero-order valence-corrected chi connectivity index (χ0v) is 17.2. The molecule has 2 aromatic rings. The van der Waals surface area contributed by atoms with E-state index in [0.29, 0.717) is 23.4 Å². The van der Waals surface area contributed by atoms with Crippen LogP contribution in [0.5, 0.6) is 11.5 Å². The van der Waals surface area contributed by atoms with E-state index in [1.807, 2.05) is 0 Å². The van der Waals surface area contributed by atoms with Crippen LogP contribution in [0.15, 0.2) is 52.5 Å². The number of rotatable bonds is 6. The van der Waals surface area contributed by atoms with Gasteiger partial charge in [-0.1, -0.05) is 11.6 Å². The van der Waals surface area contributed by atoms with Crippen molar-refractivity contribution in [3.8, 4) is 11.5 Å². The van der Waals surface area contributed by atoms with Gasteiger partial charge in [-0.2, -0.15) is 9.41 Å². The number of benzene rings is 2. The van der Waals surface area contributed by atoms with Gasteiger partial charge < -0.3 is 9.84 Å². The fourth-order valence-electron chi connectivity index (χ4n) is 3.05. The molecule has 1 aliphatic heterocycles. The standard InChI is InChI=1S/C19H20ClN3O5S/c1-28-18-11-13(4-9-17(18)24)12-21-22-19(25)16-3-2-10-23(16)29(26,27)15-7-5-14(20)6-8-15/h4-9,11-12,16,24H,2-3,10H2,1H3,(H,22,25)/b21-12-/t16-/m0/s1. The molecule has 154 valence electrons. The molecule has 10 heteroatoms. The predicted octanol–water partition coefficient (Wildman–Crippen LogP) is 2.36. The van der Waals surface area contributed by atoms with Crippen molar-refractivity contribution in [2.24, 2.45) is 5.10 Å². The van der Waals surface area contributed by atoms with Crippen LogP contribution in [0.2, 0.25) is 5.02 Å². The molecule has 2 N–H and O–H groups in total. The molecule has 0 aliphatic carbocycles. The summed E-state index contributed by atoms with van der Waals surface area (Å²) in [5.41, 5.74) is 2.98. The number of nitrogens with one attached hydrogen (secondary N) is 1. The number of carbonyl (C=O) groups excluding carboxylic acids is 1. The summed E-state index contributed by atoms with van der Waals surface area (Å²) < 4.78 is 32.0. The van der Waals surface area contributed by atoms with E-state index in [-0.39, 0.29) is 22.9 Å². The second kappa shape index (κ2) is 8.81. The SMILES string of the molecule is COc1cc(/C=N\NC(=O)[C@@H]2CCCN2S(=O)(=O)c2ccc(Cl)cc2)ccc1O. The highest BCUT2D eigenvalue weighted by molar-refractivity contribution is 7.89. The van der Waals surface area contributed by atoms with Crippen LogP contribution in [-0.4, -0.2) is 49.6 Å². The minimum Gasteiger partial charge on any atom is -0.504 e. The van der Waals surface area contributed by atoms with Crippen molar-refractivity contribution in [3.63, 3.8) is 0 Å². The highest BCUT2D eigenvalue weighted by Gasteiger charge is 2.39. The molecule has 0 aromatic heterocycles. The average Bonchev–Trinajstić information content (AvgIpc) is 3.20. The maximum absolute atomic E-state index is 12.9. The first-order chi connectivity index (χ1) is 13.8. The number of carbonyl (C=O) groups is 1. The molecule has 1 heterocycles. The lowest BCUT2D eigenvalue weighted by Gasteiger charge is -2.22. The maximum Gasteiger partial charge on any atom is 0.258 e. The number of hydrogen-bond acceptors (Lipinski definition) is 6. The first kappa shape index (κ1) is 21.1. The maximum atomic E-state index is 12.9. The Hall–Kier alpha value is -2.62. The molecule has 0 spiro atoms. The van der Waals surface area contributed by atoms with Crippen LogP contribution < -0.4 is 10.2 Å². The number of aromatic hydroxyl groups is 1. The van der Waals surface area contributed by atoms with E-state index in [1.165, 1.54) is 48.0 Å². The number of methoxy groups -OCH3 is 1. The smallest absolute Gasteiger partial charge is 0.258 e. The minimum absolute atomic E-state index is 0.0114. The van der Waals surface area contributed by atoms with E-state index in [2.05, 4.69) is 10.5 Å². The molecular weight excluding hydrogens is 418 g/mol. The summed E-state index contributed by atoms with van der Waals surface area (Å²) in [5, 5.41) is 13.9. The van der Waals surface area contributed by atoms with Gasteiger partial charge in [0.05, 0.1) is 18.2 Å². The number of hydrazone groups is 1. The topological polar surface area (TPSA) is 108 Å². The van der Waals surface area contributed by atoms with Crippen LogP contribution in [0.1, 0.15) is 18.4 Å². The second-order valence-corrected chi connectivity index (χ2v) is 8.72.